The van der Waals surface area contributed by atoms with Gasteiger partial charge in [0.2, 0.25) is 0 Å². The first-order valence-electron chi connectivity index (χ1n) is 9.08. The summed E-state index contributed by atoms with van der Waals surface area (Å²) in [6.07, 6.45) is 0. The number of rotatable bonds is 6. The molecule has 0 aliphatic rings. The van der Waals surface area contributed by atoms with Crippen LogP contribution in [0.2, 0.25) is 10.0 Å². The molecule has 30 heavy (non-hydrogen) atoms. The Bertz CT molecular complexity index is 1190. The smallest absolute Gasteiger partial charge is 0.263 e. The van der Waals surface area contributed by atoms with Gasteiger partial charge in [0.1, 0.15) is 4.90 Å². The number of benzene rings is 3. The lowest BCUT2D eigenvalue weighted by Crippen LogP contribution is -2.23. The van der Waals surface area contributed by atoms with Gasteiger partial charge in [-0.15, -0.1) is 0 Å². The van der Waals surface area contributed by atoms with Gasteiger partial charge in [-0.3, -0.25) is 9.52 Å². The maximum absolute atomic E-state index is 12.9. The zero-order chi connectivity index (χ0) is 21.9. The van der Waals surface area contributed by atoms with Gasteiger partial charge in [0.15, 0.2) is 0 Å². The lowest BCUT2D eigenvalue weighted by Gasteiger charge is -2.13. The number of hydrogen-bond acceptors (Lipinski definition) is 3. The fourth-order valence-electron chi connectivity index (χ4n) is 3.01. The Kier molecular flexibility index (Phi) is 6.71. The first kappa shape index (κ1) is 22.2. The van der Waals surface area contributed by atoms with Crippen LogP contribution in [0.1, 0.15) is 27.0 Å². The zero-order valence-corrected chi connectivity index (χ0v) is 18.7. The second kappa shape index (κ2) is 9.08. The van der Waals surface area contributed by atoms with Crippen molar-refractivity contribution < 1.29 is 13.2 Å². The first-order chi connectivity index (χ1) is 14.2. The van der Waals surface area contributed by atoms with Gasteiger partial charge in [-0.05, 0) is 66.9 Å². The normalized spacial score (nSPS) is 11.2. The monoisotopic (exact) mass is 462 g/mol. The van der Waals surface area contributed by atoms with E-state index in [0.717, 1.165) is 16.7 Å². The average molecular weight is 463 g/mol. The first-order valence-corrected chi connectivity index (χ1v) is 11.3. The molecule has 0 aliphatic carbocycles. The number of hydrogen-bond donors (Lipinski definition) is 2. The van der Waals surface area contributed by atoms with Crippen molar-refractivity contribution in [2.45, 2.75) is 25.3 Å². The van der Waals surface area contributed by atoms with Gasteiger partial charge in [0.05, 0.1) is 5.02 Å². The molecule has 156 valence electrons. The predicted octanol–water partition coefficient (Wildman–Crippen LogP) is 5.34. The molecule has 0 fully saturated rings. The van der Waals surface area contributed by atoms with E-state index in [0.29, 0.717) is 10.7 Å². The number of carbonyl (C=O) groups is 1. The van der Waals surface area contributed by atoms with Crippen LogP contribution in [0.3, 0.4) is 0 Å². The highest BCUT2D eigenvalue weighted by Crippen LogP contribution is 2.26. The molecule has 0 bridgehead atoms. The molecule has 3 aromatic carbocycles. The maximum atomic E-state index is 12.9. The molecule has 0 spiro atoms. The van der Waals surface area contributed by atoms with Crippen LogP contribution in [0.25, 0.3) is 0 Å². The van der Waals surface area contributed by atoms with E-state index in [-0.39, 0.29) is 22.0 Å². The highest BCUT2D eigenvalue weighted by molar-refractivity contribution is 7.92. The molecular weight excluding hydrogens is 443 g/mol. The fourth-order valence-corrected chi connectivity index (χ4v) is 4.78. The van der Waals surface area contributed by atoms with Crippen molar-refractivity contribution in [2.24, 2.45) is 0 Å². The van der Waals surface area contributed by atoms with E-state index in [1.807, 2.05) is 26.0 Å². The van der Waals surface area contributed by atoms with Crippen molar-refractivity contribution in [3.05, 3.63) is 93.0 Å². The van der Waals surface area contributed by atoms with Gasteiger partial charge in [-0.25, -0.2) is 8.42 Å². The summed E-state index contributed by atoms with van der Waals surface area (Å²) in [5.41, 5.74) is 3.20. The molecule has 1 amide bonds. The van der Waals surface area contributed by atoms with Crippen LogP contribution in [0, 0.1) is 13.8 Å². The molecule has 0 radical (unpaired) electrons. The largest absolute Gasteiger partial charge is 0.348 e. The molecule has 0 aromatic heterocycles. The molecule has 3 rings (SSSR count). The molecule has 8 heteroatoms. The summed E-state index contributed by atoms with van der Waals surface area (Å²) in [6, 6.07) is 16.7. The van der Waals surface area contributed by atoms with E-state index >= 15 is 0 Å². The molecule has 0 unspecified atom stereocenters. The Hall–Kier alpha value is -2.54. The number of carbonyl (C=O) groups excluding carboxylic acids is 1. The topological polar surface area (TPSA) is 75.3 Å². The summed E-state index contributed by atoms with van der Waals surface area (Å²) >= 11 is 12.2. The van der Waals surface area contributed by atoms with E-state index in [4.69, 9.17) is 23.2 Å². The summed E-state index contributed by atoms with van der Waals surface area (Å²) in [6.45, 7) is 3.97. The second-order valence-corrected chi connectivity index (χ2v) is 9.37. The second-order valence-electron chi connectivity index (χ2n) is 6.90. The number of amides is 1. The van der Waals surface area contributed by atoms with Crippen molar-refractivity contribution >= 4 is 44.8 Å². The number of sulfonamides is 1. The third-order valence-corrected chi connectivity index (χ3v) is 6.59. The summed E-state index contributed by atoms with van der Waals surface area (Å²) in [5, 5.41) is 3.30. The van der Waals surface area contributed by atoms with Gasteiger partial charge in [0, 0.05) is 22.8 Å². The number of halogens is 2. The number of nitrogens with one attached hydrogen (secondary N) is 2. The minimum absolute atomic E-state index is 0.0227. The van der Waals surface area contributed by atoms with Crippen LogP contribution < -0.4 is 10.0 Å². The van der Waals surface area contributed by atoms with Crippen LogP contribution in [-0.2, 0) is 16.6 Å². The lowest BCUT2D eigenvalue weighted by molar-refractivity contribution is 0.0950. The Morgan fingerprint density at radius 2 is 1.57 bits per heavy atom. The number of aryl methyl sites for hydroxylation is 2. The van der Waals surface area contributed by atoms with E-state index < -0.39 is 15.9 Å². The minimum atomic E-state index is -3.99. The van der Waals surface area contributed by atoms with Crippen molar-refractivity contribution in [1.82, 2.24) is 5.32 Å². The van der Waals surface area contributed by atoms with E-state index in [1.165, 1.54) is 18.2 Å². The summed E-state index contributed by atoms with van der Waals surface area (Å²) < 4.78 is 28.3. The Balaban J connectivity index is 1.83. The van der Waals surface area contributed by atoms with Gasteiger partial charge < -0.3 is 5.32 Å². The van der Waals surface area contributed by atoms with Gasteiger partial charge in [-0.1, -0.05) is 47.5 Å². The molecule has 0 aliphatic heterocycles. The molecule has 0 saturated heterocycles. The molecule has 0 atom stereocenters. The Morgan fingerprint density at radius 1 is 0.900 bits per heavy atom. The van der Waals surface area contributed by atoms with Crippen LogP contribution in [-0.4, -0.2) is 14.3 Å². The molecule has 2 N–H and O–H groups in total. The van der Waals surface area contributed by atoms with E-state index in [9.17, 15) is 13.2 Å². The van der Waals surface area contributed by atoms with E-state index in [1.54, 1.807) is 30.3 Å². The van der Waals surface area contributed by atoms with E-state index in [2.05, 4.69) is 10.0 Å². The summed E-state index contributed by atoms with van der Waals surface area (Å²) in [4.78, 5) is 12.4. The number of anilines is 1. The average Bonchev–Trinajstić information content (AvgIpc) is 2.66. The van der Waals surface area contributed by atoms with Crippen LogP contribution in [0.5, 0.6) is 0 Å². The SMILES string of the molecule is Cc1cc(C)cc(NS(=O)(=O)c2cc(C(=O)NCc3ccccc3Cl)ccc2Cl)c1. The Labute approximate surface area is 186 Å². The molecular formula is C22H20Cl2N2O3S. The summed E-state index contributed by atoms with van der Waals surface area (Å²) in [7, 11) is -3.99. The highest BCUT2D eigenvalue weighted by atomic mass is 35.5. The predicted molar refractivity (Wildman–Crippen MR) is 121 cm³/mol. The summed E-state index contributed by atoms with van der Waals surface area (Å²) in [5.74, 6) is -0.436. The highest BCUT2D eigenvalue weighted by Gasteiger charge is 2.21. The zero-order valence-electron chi connectivity index (χ0n) is 16.4. The molecule has 0 heterocycles. The van der Waals surface area contributed by atoms with Crippen molar-refractivity contribution in [3.8, 4) is 0 Å². The maximum Gasteiger partial charge on any atom is 0.263 e. The third-order valence-electron chi connectivity index (χ3n) is 4.35. The molecule has 5 nitrogen and oxygen atoms in total. The quantitative estimate of drug-likeness (QED) is 0.518. The van der Waals surface area contributed by atoms with Gasteiger partial charge >= 0.3 is 0 Å². The van der Waals surface area contributed by atoms with Crippen molar-refractivity contribution in [3.63, 3.8) is 0 Å². The van der Waals surface area contributed by atoms with Crippen molar-refractivity contribution in [2.75, 3.05) is 4.72 Å². The fraction of sp³-hybridized carbons (Fsp3) is 0.136. The Morgan fingerprint density at radius 3 is 2.23 bits per heavy atom. The van der Waals surface area contributed by atoms with Crippen LogP contribution >= 0.6 is 23.2 Å². The molecule has 0 saturated carbocycles. The minimum Gasteiger partial charge on any atom is -0.348 e. The third kappa shape index (κ3) is 5.33. The standard InChI is InChI=1S/C22H20Cl2N2O3S/c1-14-9-15(2)11-18(10-14)26-30(28,29)21-12-16(7-8-20(21)24)22(27)25-13-17-5-3-4-6-19(17)23/h3-12,26H,13H2,1-2H3,(H,25,27). The van der Waals surface area contributed by atoms with Gasteiger partial charge in [0.25, 0.3) is 15.9 Å². The lowest BCUT2D eigenvalue weighted by atomic mass is 10.1. The van der Waals surface area contributed by atoms with Crippen molar-refractivity contribution in [1.29, 1.82) is 0 Å². The van der Waals surface area contributed by atoms with Crippen LogP contribution in [0.4, 0.5) is 5.69 Å². The van der Waals surface area contributed by atoms with Crippen LogP contribution in [0.15, 0.2) is 65.6 Å². The van der Waals surface area contributed by atoms with Gasteiger partial charge in [-0.2, -0.15) is 0 Å². The molecule has 3 aromatic rings.